The summed E-state index contributed by atoms with van der Waals surface area (Å²) < 4.78 is 22.2. The molecule has 0 spiro atoms. The predicted octanol–water partition coefficient (Wildman–Crippen LogP) is 2.32. The third-order valence-electron chi connectivity index (χ3n) is 3.51. The number of primary sulfonamides is 1. The summed E-state index contributed by atoms with van der Waals surface area (Å²) in [6.07, 6.45) is 5.23. The standard InChI is InChI=1S/C13H20N2O2S/c1-10(9-11-3-2-4-11)15-12-5-7-13(8-6-12)18(14,16)17/h5-8,10-11,15H,2-4,9H2,1H3,(H2,14,16,17). The van der Waals surface area contributed by atoms with E-state index in [2.05, 4.69) is 12.2 Å². The summed E-state index contributed by atoms with van der Waals surface area (Å²) >= 11 is 0. The first-order chi connectivity index (χ1) is 8.45. The Morgan fingerprint density at radius 2 is 1.94 bits per heavy atom. The maximum atomic E-state index is 11.1. The van der Waals surface area contributed by atoms with Crippen LogP contribution in [0.5, 0.6) is 0 Å². The SMILES string of the molecule is CC(CC1CCC1)Nc1ccc(S(N)(=O)=O)cc1. The van der Waals surface area contributed by atoms with Crippen LogP contribution in [0.15, 0.2) is 29.2 Å². The molecule has 0 heterocycles. The minimum Gasteiger partial charge on any atom is -0.383 e. The zero-order chi connectivity index (χ0) is 13.2. The van der Waals surface area contributed by atoms with E-state index in [1.807, 2.05) is 0 Å². The average Bonchev–Trinajstić information content (AvgIpc) is 2.23. The Balaban J connectivity index is 1.93. The highest BCUT2D eigenvalue weighted by Crippen LogP contribution is 2.31. The van der Waals surface area contributed by atoms with Crippen LogP contribution in [0.25, 0.3) is 0 Å². The van der Waals surface area contributed by atoms with Crippen molar-refractivity contribution < 1.29 is 8.42 Å². The normalized spacial score (nSPS) is 18.1. The molecule has 100 valence electrons. The van der Waals surface area contributed by atoms with Gasteiger partial charge in [-0.1, -0.05) is 19.3 Å². The molecular formula is C13H20N2O2S. The molecule has 1 unspecified atom stereocenters. The van der Waals surface area contributed by atoms with Gasteiger partial charge in [-0.3, -0.25) is 0 Å². The Bertz CT molecular complexity index is 492. The Kier molecular flexibility index (Phi) is 3.92. The van der Waals surface area contributed by atoms with Crippen LogP contribution >= 0.6 is 0 Å². The quantitative estimate of drug-likeness (QED) is 0.861. The molecule has 0 radical (unpaired) electrons. The average molecular weight is 268 g/mol. The largest absolute Gasteiger partial charge is 0.383 e. The van der Waals surface area contributed by atoms with Gasteiger partial charge >= 0.3 is 0 Å². The minimum absolute atomic E-state index is 0.152. The van der Waals surface area contributed by atoms with Crippen LogP contribution in [-0.2, 0) is 10.0 Å². The zero-order valence-corrected chi connectivity index (χ0v) is 11.4. The number of sulfonamides is 1. The minimum atomic E-state index is -3.59. The molecule has 1 aliphatic carbocycles. The van der Waals surface area contributed by atoms with Crippen molar-refractivity contribution >= 4 is 15.7 Å². The van der Waals surface area contributed by atoms with Gasteiger partial charge < -0.3 is 5.32 Å². The number of benzene rings is 1. The Hall–Kier alpha value is -1.07. The molecular weight excluding hydrogens is 248 g/mol. The molecule has 1 aromatic rings. The van der Waals surface area contributed by atoms with E-state index in [1.165, 1.54) is 37.8 Å². The molecule has 1 saturated carbocycles. The lowest BCUT2D eigenvalue weighted by Gasteiger charge is -2.28. The van der Waals surface area contributed by atoms with Crippen molar-refractivity contribution in [2.45, 2.75) is 43.5 Å². The van der Waals surface area contributed by atoms with Crippen molar-refractivity contribution in [2.24, 2.45) is 11.1 Å². The Morgan fingerprint density at radius 3 is 2.39 bits per heavy atom. The smallest absolute Gasteiger partial charge is 0.238 e. The van der Waals surface area contributed by atoms with E-state index in [1.54, 1.807) is 12.1 Å². The first-order valence-electron chi connectivity index (χ1n) is 6.34. The number of hydrogen-bond acceptors (Lipinski definition) is 3. The van der Waals surface area contributed by atoms with Gasteiger partial charge in [0.2, 0.25) is 10.0 Å². The third-order valence-corrected chi connectivity index (χ3v) is 4.44. The van der Waals surface area contributed by atoms with Gasteiger partial charge in [0.1, 0.15) is 0 Å². The molecule has 2 rings (SSSR count). The maximum absolute atomic E-state index is 11.1. The van der Waals surface area contributed by atoms with Crippen LogP contribution in [0.3, 0.4) is 0 Å². The summed E-state index contributed by atoms with van der Waals surface area (Å²) in [4.78, 5) is 0.152. The van der Waals surface area contributed by atoms with Gasteiger partial charge in [0.15, 0.2) is 0 Å². The lowest BCUT2D eigenvalue weighted by Crippen LogP contribution is -2.23. The first-order valence-corrected chi connectivity index (χ1v) is 7.89. The van der Waals surface area contributed by atoms with Crippen molar-refractivity contribution in [1.29, 1.82) is 0 Å². The Morgan fingerprint density at radius 1 is 1.33 bits per heavy atom. The van der Waals surface area contributed by atoms with Gasteiger partial charge in [0.05, 0.1) is 4.90 Å². The van der Waals surface area contributed by atoms with E-state index in [0.29, 0.717) is 6.04 Å². The number of anilines is 1. The van der Waals surface area contributed by atoms with E-state index in [9.17, 15) is 8.42 Å². The molecule has 1 atom stereocenters. The summed E-state index contributed by atoms with van der Waals surface area (Å²) in [6, 6.07) is 7.01. The van der Waals surface area contributed by atoms with Gasteiger partial charge in [-0.05, 0) is 43.5 Å². The van der Waals surface area contributed by atoms with Crippen molar-refractivity contribution in [3.8, 4) is 0 Å². The van der Waals surface area contributed by atoms with Gasteiger partial charge in [-0.25, -0.2) is 13.6 Å². The van der Waals surface area contributed by atoms with Crippen LogP contribution in [0.4, 0.5) is 5.69 Å². The molecule has 0 bridgehead atoms. The molecule has 0 amide bonds. The molecule has 0 aromatic heterocycles. The molecule has 0 saturated heterocycles. The Labute approximate surface area is 109 Å². The zero-order valence-electron chi connectivity index (χ0n) is 10.6. The molecule has 1 fully saturated rings. The van der Waals surface area contributed by atoms with Crippen molar-refractivity contribution in [2.75, 3.05) is 5.32 Å². The molecule has 1 aliphatic rings. The molecule has 18 heavy (non-hydrogen) atoms. The van der Waals surface area contributed by atoms with E-state index >= 15 is 0 Å². The lowest BCUT2D eigenvalue weighted by atomic mass is 9.81. The van der Waals surface area contributed by atoms with Crippen molar-refractivity contribution in [3.63, 3.8) is 0 Å². The molecule has 1 aromatic carbocycles. The first kappa shape index (κ1) is 13.4. The van der Waals surface area contributed by atoms with Gasteiger partial charge in [-0.15, -0.1) is 0 Å². The maximum Gasteiger partial charge on any atom is 0.238 e. The molecule has 3 N–H and O–H groups in total. The molecule has 4 nitrogen and oxygen atoms in total. The number of hydrogen-bond donors (Lipinski definition) is 2. The second kappa shape index (κ2) is 5.28. The second-order valence-electron chi connectivity index (χ2n) is 5.15. The third kappa shape index (κ3) is 3.46. The highest BCUT2D eigenvalue weighted by Gasteiger charge is 2.19. The summed E-state index contributed by atoms with van der Waals surface area (Å²) in [5.74, 6) is 0.858. The monoisotopic (exact) mass is 268 g/mol. The predicted molar refractivity (Wildman–Crippen MR) is 72.9 cm³/mol. The number of rotatable bonds is 5. The summed E-state index contributed by atoms with van der Waals surface area (Å²) in [6.45, 7) is 2.16. The fourth-order valence-electron chi connectivity index (χ4n) is 2.31. The van der Waals surface area contributed by atoms with Gasteiger partial charge in [-0.2, -0.15) is 0 Å². The van der Waals surface area contributed by atoms with E-state index in [4.69, 9.17) is 5.14 Å². The summed E-state index contributed by atoms with van der Waals surface area (Å²) in [7, 11) is -3.59. The van der Waals surface area contributed by atoms with Crippen molar-refractivity contribution in [3.05, 3.63) is 24.3 Å². The summed E-state index contributed by atoms with van der Waals surface area (Å²) in [5, 5.41) is 8.44. The van der Waals surface area contributed by atoms with Gasteiger partial charge in [0, 0.05) is 11.7 Å². The van der Waals surface area contributed by atoms with E-state index in [0.717, 1.165) is 11.6 Å². The van der Waals surface area contributed by atoms with Crippen LogP contribution in [0.2, 0.25) is 0 Å². The highest BCUT2D eigenvalue weighted by molar-refractivity contribution is 7.89. The van der Waals surface area contributed by atoms with Crippen LogP contribution in [0.1, 0.15) is 32.6 Å². The van der Waals surface area contributed by atoms with E-state index < -0.39 is 10.0 Å². The van der Waals surface area contributed by atoms with Crippen LogP contribution in [-0.4, -0.2) is 14.5 Å². The number of nitrogens with one attached hydrogen (secondary N) is 1. The van der Waals surface area contributed by atoms with Gasteiger partial charge in [0.25, 0.3) is 0 Å². The molecule has 5 heteroatoms. The lowest BCUT2D eigenvalue weighted by molar-refractivity contribution is 0.286. The second-order valence-corrected chi connectivity index (χ2v) is 6.71. The van der Waals surface area contributed by atoms with Crippen LogP contribution in [0, 0.1) is 5.92 Å². The summed E-state index contributed by atoms with van der Waals surface area (Å²) in [5.41, 5.74) is 0.939. The topological polar surface area (TPSA) is 72.2 Å². The fourth-order valence-corrected chi connectivity index (χ4v) is 2.83. The molecule has 0 aliphatic heterocycles. The highest BCUT2D eigenvalue weighted by atomic mass is 32.2. The fraction of sp³-hybridized carbons (Fsp3) is 0.538. The van der Waals surface area contributed by atoms with E-state index in [-0.39, 0.29) is 4.90 Å². The van der Waals surface area contributed by atoms with Crippen LogP contribution < -0.4 is 10.5 Å². The van der Waals surface area contributed by atoms with Crippen molar-refractivity contribution in [1.82, 2.24) is 0 Å². The number of nitrogens with two attached hydrogens (primary N) is 1.